The maximum absolute atomic E-state index is 9.53. The molecule has 4 rings (SSSR count). The van der Waals surface area contributed by atoms with Crippen LogP contribution in [0.3, 0.4) is 0 Å². The van der Waals surface area contributed by atoms with Crippen molar-refractivity contribution in [1.29, 1.82) is 0 Å². The van der Waals surface area contributed by atoms with Gasteiger partial charge in [0.05, 0.1) is 6.10 Å². The molecule has 3 N–H and O–H groups in total. The quantitative estimate of drug-likeness (QED) is 0.126. The number of anilines is 1. The van der Waals surface area contributed by atoms with Gasteiger partial charge in [0.15, 0.2) is 0 Å². The molecule has 0 aliphatic carbocycles. The molecule has 4 aromatic rings. The number of ether oxygens (including phenoxy) is 1. The second-order valence-electron chi connectivity index (χ2n) is 10.6. The van der Waals surface area contributed by atoms with Gasteiger partial charge in [-0.1, -0.05) is 91.5 Å². The molecule has 1 unspecified atom stereocenters. The van der Waals surface area contributed by atoms with Gasteiger partial charge in [0.2, 0.25) is 0 Å². The van der Waals surface area contributed by atoms with E-state index in [0.29, 0.717) is 13.2 Å². The second-order valence-corrected chi connectivity index (χ2v) is 10.6. The molecule has 0 radical (unpaired) electrons. The molecular weight excluding hydrogens is 468 g/mol. The zero-order chi connectivity index (χ0) is 27.0. The normalized spacial score (nSPS) is 12.4. The minimum Gasteiger partial charge on any atom is -0.508 e. The van der Waals surface area contributed by atoms with E-state index in [-0.39, 0.29) is 17.4 Å². The minimum atomic E-state index is -0.00982. The van der Waals surface area contributed by atoms with Crippen molar-refractivity contribution >= 4 is 22.2 Å². The summed E-state index contributed by atoms with van der Waals surface area (Å²) >= 11 is 0. The Bertz CT molecular complexity index is 1340. The van der Waals surface area contributed by atoms with Gasteiger partial charge in [-0.15, -0.1) is 0 Å². The third-order valence-electron chi connectivity index (χ3n) is 6.92. The molecule has 0 aliphatic heterocycles. The highest BCUT2D eigenvalue weighted by Gasteiger charge is 2.18. The molecule has 0 spiro atoms. The number of rotatable bonds is 13. The Hall–Kier alpha value is -3.60. The Morgan fingerprint density at radius 3 is 2.34 bits per heavy atom. The van der Waals surface area contributed by atoms with E-state index in [0.717, 1.165) is 41.8 Å². The smallest absolute Gasteiger partial charge is 0.115 e. The third kappa shape index (κ3) is 7.70. The Morgan fingerprint density at radius 1 is 0.895 bits per heavy atom. The van der Waals surface area contributed by atoms with Gasteiger partial charge in [-0.3, -0.25) is 0 Å². The van der Waals surface area contributed by atoms with Crippen LogP contribution in [0, 0.1) is 0 Å². The van der Waals surface area contributed by atoms with Crippen LogP contribution in [0.2, 0.25) is 0 Å². The summed E-state index contributed by atoms with van der Waals surface area (Å²) in [6.07, 6.45) is 1.92. The lowest BCUT2D eigenvalue weighted by Crippen LogP contribution is -2.42. The fraction of sp³-hybridized carbons (Fsp3) is 0.294. The SMILES string of the molecule is C=C(O)c1ccc(CNc2ccccc2C(C)OCCCNC(C)(C)Cc2ccc3ccccc3c2)cc1. The molecule has 1 atom stereocenters. The maximum atomic E-state index is 9.53. The fourth-order valence-corrected chi connectivity index (χ4v) is 4.80. The Labute approximate surface area is 227 Å². The summed E-state index contributed by atoms with van der Waals surface area (Å²) in [5.41, 5.74) is 5.46. The summed E-state index contributed by atoms with van der Waals surface area (Å²) in [6, 6.07) is 31.4. The average Bonchev–Trinajstić information content (AvgIpc) is 2.91. The zero-order valence-corrected chi connectivity index (χ0v) is 22.8. The van der Waals surface area contributed by atoms with Crippen molar-refractivity contribution in [3.8, 4) is 0 Å². The topological polar surface area (TPSA) is 53.5 Å². The van der Waals surface area contributed by atoms with E-state index >= 15 is 0 Å². The maximum Gasteiger partial charge on any atom is 0.115 e. The van der Waals surface area contributed by atoms with Gasteiger partial charge in [-0.05, 0) is 68.1 Å². The number of nitrogens with one attached hydrogen (secondary N) is 2. The van der Waals surface area contributed by atoms with Gasteiger partial charge in [-0.2, -0.15) is 0 Å². The number of aliphatic hydroxyl groups excluding tert-OH is 1. The largest absolute Gasteiger partial charge is 0.508 e. The van der Waals surface area contributed by atoms with Crippen molar-refractivity contribution in [3.63, 3.8) is 0 Å². The molecule has 0 aliphatic rings. The van der Waals surface area contributed by atoms with Gasteiger partial charge in [0.1, 0.15) is 5.76 Å². The van der Waals surface area contributed by atoms with Gasteiger partial charge >= 0.3 is 0 Å². The van der Waals surface area contributed by atoms with Gasteiger partial charge in [0.25, 0.3) is 0 Å². The minimum absolute atomic E-state index is 0.00716. The average molecular weight is 509 g/mol. The van der Waals surface area contributed by atoms with Crippen LogP contribution >= 0.6 is 0 Å². The van der Waals surface area contributed by atoms with E-state index in [1.54, 1.807) is 0 Å². The van der Waals surface area contributed by atoms with E-state index in [4.69, 9.17) is 4.74 Å². The lowest BCUT2D eigenvalue weighted by Gasteiger charge is -2.27. The highest BCUT2D eigenvalue weighted by atomic mass is 16.5. The number of fused-ring (bicyclic) bond motifs is 1. The van der Waals surface area contributed by atoms with Crippen LogP contribution in [-0.2, 0) is 17.7 Å². The lowest BCUT2D eigenvalue weighted by atomic mass is 9.93. The van der Waals surface area contributed by atoms with Crippen LogP contribution in [0.1, 0.15) is 55.5 Å². The summed E-state index contributed by atoms with van der Waals surface area (Å²) in [5.74, 6) is 0.0875. The summed E-state index contributed by atoms with van der Waals surface area (Å²) in [6.45, 7) is 12.5. The van der Waals surface area contributed by atoms with Crippen molar-refractivity contribution in [2.24, 2.45) is 0 Å². The van der Waals surface area contributed by atoms with E-state index in [1.165, 1.54) is 16.3 Å². The first-order valence-corrected chi connectivity index (χ1v) is 13.4. The van der Waals surface area contributed by atoms with Crippen LogP contribution in [-0.4, -0.2) is 23.8 Å². The molecule has 0 saturated heterocycles. The molecule has 0 heterocycles. The molecular formula is C34H40N2O2. The Morgan fingerprint density at radius 2 is 1.58 bits per heavy atom. The van der Waals surface area contributed by atoms with Crippen LogP contribution in [0.25, 0.3) is 16.5 Å². The predicted molar refractivity (Wildman–Crippen MR) is 161 cm³/mol. The zero-order valence-electron chi connectivity index (χ0n) is 22.8. The molecule has 4 heteroatoms. The first kappa shape index (κ1) is 27.4. The van der Waals surface area contributed by atoms with E-state index < -0.39 is 0 Å². The molecule has 0 saturated carbocycles. The third-order valence-corrected chi connectivity index (χ3v) is 6.92. The summed E-state index contributed by atoms with van der Waals surface area (Å²) in [4.78, 5) is 0. The fourth-order valence-electron chi connectivity index (χ4n) is 4.80. The first-order valence-electron chi connectivity index (χ1n) is 13.4. The van der Waals surface area contributed by atoms with E-state index in [2.05, 4.69) is 98.6 Å². The number of para-hydroxylation sites is 1. The van der Waals surface area contributed by atoms with Gasteiger partial charge in [-0.25, -0.2) is 0 Å². The standard InChI is InChI=1S/C34H40N2O2/c1-25(37)29-17-14-27(15-18-29)24-35-33-13-8-7-12-32(33)26(2)38-21-9-20-36-34(3,4)23-28-16-19-30-10-5-6-11-31(30)22-28/h5-8,10-19,22,26,35-37H,1,9,20-21,23-24H2,2-4H3. The number of hydrogen-bond donors (Lipinski definition) is 3. The van der Waals surface area contributed by atoms with Gasteiger partial charge in [0, 0.05) is 35.5 Å². The number of aliphatic hydroxyl groups is 1. The lowest BCUT2D eigenvalue weighted by molar-refractivity contribution is 0.0636. The summed E-state index contributed by atoms with van der Waals surface area (Å²) in [7, 11) is 0. The van der Waals surface area contributed by atoms with Crippen LogP contribution in [0.5, 0.6) is 0 Å². The van der Waals surface area contributed by atoms with Gasteiger partial charge < -0.3 is 20.5 Å². The number of benzene rings is 4. The first-order chi connectivity index (χ1) is 18.3. The molecule has 4 nitrogen and oxygen atoms in total. The molecule has 0 aromatic heterocycles. The monoisotopic (exact) mass is 508 g/mol. The predicted octanol–water partition coefficient (Wildman–Crippen LogP) is 8.06. The second kappa shape index (κ2) is 12.8. The molecule has 4 aromatic carbocycles. The summed E-state index contributed by atoms with van der Waals surface area (Å²) in [5, 5.41) is 19.4. The molecule has 0 bridgehead atoms. The van der Waals surface area contributed by atoms with Crippen LogP contribution < -0.4 is 10.6 Å². The van der Waals surface area contributed by atoms with E-state index in [1.807, 2.05) is 30.3 Å². The van der Waals surface area contributed by atoms with Crippen LogP contribution in [0.15, 0.2) is 97.6 Å². The summed E-state index contributed by atoms with van der Waals surface area (Å²) < 4.78 is 6.23. The molecule has 38 heavy (non-hydrogen) atoms. The van der Waals surface area contributed by atoms with Crippen LogP contribution in [0.4, 0.5) is 5.69 Å². The number of hydrogen-bond acceptors (Lipinski definition) is 4. The Balaban J connectivity index is 1.22. The van der Waals surface area contributed by atoms with Crippen molar-refractivity contribution in [2.45, 2.75) is 51.8 Å². The highest BCUT2D eigenvalue weighted by molar-refractivity contribution is 5.83. The van der Waals surface area contributed by atoms with Crippen molar-refractivity contribution in [3.05, 3.63) is 120 Å². The van der Waals surface area contributed by atoms with E-state index in [9.17, 15) is 5.11 Å². The highest BCUT2D eigenvalue weighted by Crippen LogP contribution is 2.26. The van der Waals surface area contributed by atoms with Crippen molar-refractivity contribution in [2.75, 3.05) is 18.5 Å². The molecule has 0 amide bonds. The molecule has 0 fully saturated rings. The Kier molecular flexibility index (Phi) is 9.22. The van der Waals surface area contributed by atoms with Crippen molar-refractivity contribution < 1.29 is 9.84 Å². The van der Waals surface area contributed by atoms with Crippen molar-refractivity contribution in [1.82, 2.24) is 5.32 Å². The molecule has 198 valence electrons.